The van der Waals surface area contributed by atoms with Crippen LogP contribution in [0.25, 0.3) is 0 Å². The SMILES string of the molecule is OC(c1ccccc1)c1ccccc1F. The van der Waals surface area contributed by atoms with Crippen molar-refractivity contribution in [2.45, 2.75) is 6.10 Å². The lowest BCUT2D eigenvalue weighted by Gasteiger charge is -2.11. The minimum absolute atomic E-state index is 0.309. The van der Waals surface area contributed by atoms with E-state index in [1.807, 2.05) is 18.2 Å². The van der Waals surface area contributed by atoms with Crippen molar-refractivity contribution in [2.24, 2.45) is 0 Å². The Morgan fingerprint density at radius 3 is 2.13 bits per heavy atom. The van der Waals surface area contributed by atoms with E-state index in [0.29, 0.717) is 11.1 Å². The van der Waals surface area contributed by atoms with Crippen LogP contribution in [0.15, 0.2) is 54.6 Å². The van der Waals surface area contributed by atoms with E-state index in [1.165, 1.54) is 6.07 Å². The first-order valence-corrected chi connectivity index (χ1v) is 4.76. The van der Waals surface area contributed by atoms with Crippen molar-refractivity contribution in [1.29, 1.82) is 0 Å². The Morgan fingerprint density at radius 1 is 0.867 bits per heavy atom. The van der Waals surface area contributed by atoms with E-state index in [1.54, 1.807) is 30.3 Å². The van der Waals surface area contributed by atoms with Crippen LogP contribution in [0, 0.1) is 5.82 Å². The highest BCUT2D eigenvalue weighted by Gasteiger charge is 2.13. The van der Waals surface area contributed by atoms with Crippen LogP contribution in [0.3, 0.4) is 0 Å². The lowest BCUT2D eigenvalue weighted by atomic mass is 10.0. The average molecular weight is 202 g/mol. The maximum atomic E-state index is 13.4. The second-order valence-corrected chi connectivity index (χ2v) is 3.33. The smallest absolute Gasteiger partial charge is 0.129 e. The predicted octanol–water partition coefficient (Wildman–Crippen LogP) is 2.91. The number of aliphatic hydroxyl groups is 1. The molecule has 0 radical (unpaired) electrons. The molecule has 0 heterocycles. The molecule has 0 bridgehead atoms. The first-order valence-electron chi connectivity index (χ1n) is 4.76. The highest BCUT2D eigenvalue weighted by molar-refractivity contribution is 5.30. The fourth-order valence-electron chi connectivity index (χ4n) is 1.51. The molecule has 1 atom stereocenters. The van der Waals surface area contributed by atoms with Gasteiger partial charge >= 0.3 is 0 Å². The van der Waals surface area contributed by atoms with E-state index in [-0.39, 0.29) is 5.82 Å². The highest BCUT2D eigenvalue weighted by atomic mass is 19.1. The van der Waals surface area contributed by atoms with Gasteiger partial charge in [0.2, 0.25) is 0 Å². The number of rotatable bonds is 2. The van der Waals surface area contributed by atoms with Gasteiger partial charge in [0, 0.05) is 5.56 Å². The largest absolute Gasteiger partial charge is 0.384 e. The van der Waals surface area contributed by atoms with Crippen LogP contribution in [0.1, 0.15) is 17.2 Å². The van der Waals surface area contributed by atoms with Gasteiger partial charge in [-0.2, -0.15) is 0 Å². The molecule has 2 aromatic carbocycles. The molecule has 0 aromatic heterocycles. The molecule has 0 saturated carbocycles. The second kappa shape index (κ2) is 4.24. The Labute approximate surface area is 87.8 Å². The summed E-state index contributed by atoms with van der Waals surface area (Å²) in [7, 11) is 0. The summed E-state index contributed by atoms with van der Waals surface area (Å²) in [6.45, 7) is 0. The monoisotopic (exact) mass is 202 g/mol. The molecule has 2 heteroatoms. The normalized spacial score (nSPS) is 12.4. The molecule has 76 valence electrons. The number of halogens is 1. The minimum atomic E-state index is -0.896. The Morgan fingerprint density at radius 2 is 1.47 bits per heavy atom. The standard InChI is InChI=1S/C13H11FO/c14-12-9-5-4-8-11(12)13(15)10-6-2-1-3-7-10/h1-9,13,15H. The van der Waals surface area contributed by atoms with Gasteiger partial charge in [-0.25, -0.2) is 4.39 Å². The van der Waals surface area contributed by atoms with Crippen molar-refractivity contribution in [3.63, 3.8) is 0 Å². The minimum Gasteiger partial charge on any atom is -0.384 e. The van der Waals surface area contributed by atoms with Gasteiger partial charge in [-0.05, 0) is 11.6 Å². The number of hydrogen-bond donors (Lipinski definition) is 1. The Hall–Kier alpha value is -1.67. The van der Waals surface area contributed by atoms with Gasteiger partial charge in [-0.3, -0.25) is 0 Å². The zero-order chi connectivity index (χ0) is 10.7. The molecule has 0 fully saturated rings. The fourth-order valence-corrected chi connectivity index (χ4v) is 1.51. The van der Waals surface area contributed by atoms with Crippen LogP contribution >= 0.6 is 0 Å². The number of benzene rings is 2. The summed E-state index contributed by atoms with van der Waals surface area (Å²) >= 11 is 0. The van der Waals surface area contributed by atoms with Gasteiger partial charge in [-0.1, -0.05) is 48.5 Å². The number of hydrogen-bond acceptors (Lipinski definition) is 1. The Kier molecular flexibility index (Phi) is 2.79. The molecule has 0 spiro atoms. The van der Waals surface area contributed by atoms with Crippen LogP contribution in [0.2, 0.25) is 0 Å². The molecule has 0 aliphatic heterocycles. The van der Waals surface area contributed by atoms with Crippen molar-refractivity contribution in [2.75, 3.05) is 0 Å². The van der Waals surface area contributed by atoms with Gasteiger partial charge < -0.3 is 5.11 Å². The third-order valence-electron chi connectivity index (χ3n) is 2.32. The van der Waals surface area contributed by atoms with Crippen molar-refractivity contribution < 1.29 is 9.50 Å². The Bertz CT molecular complexity index is 439. The topological polar surface area (TPSA) is 20.2 Å². The first-order chi connectivity index (χ1) is 7.29. The molecule has 0 aliphatic carbocycles. The molecule has 0 amide bonds. The van der Waals surface area contributed by atoms with E-state index in [2.05, 4.69) is 0 Å². The van der Waals surface area contributed by atoms with Gasteiger partial charge in [-0.15, -0.1) is 0 Å². The van der Waals surface area contributed by atoms with Gasteiger partial charge in [0.25, 0.3) is 0 Å². The van der Waals surface area contributed by atoms with E-state index >= 15 is 0 Å². The molecule has 0 aliphatic rings. The maximum Gasteiger partial charge on any atom is 0.129 e. The summed E-state index contributed by atoms with van der Waals surface area (Å²) in [6.07, 6.45) is -0.896. The average Bonchev–Trinajstić information content (AvgIpc) is 2.30. The second-order valence-electron chi connectivity index (χ2n) is 3.33. The molecule has 2 rings (SSSR count). The van der Waals surface area contributed by atoms with Crippen LogP contribution in [-0.2, 0) is 0 Å². The predicted molar refractivity (Wildman–Crippen MR) is 56.9 cm³/mol. The summed E-state index contributed by atoms with van der Waals surface area (Å²) in [6, 6.07) is 15.3. The van der Waals surface area contributed by atoms with E-state index in [4.69, 9.17) is 0 Å². The summed E-state index contributed by atoms with van der Waals surface area (Å²) < 4.78 is 13.4. The maximum absolute atomic E-state index is 13.4. The number of aliphatic hydroxyl groups excluding tert-OH is 1. The van der Waals surface area contributed by atoms with Crippen molar-refractivity contribution in [1.82, 2.24) is 0 Å². The zero-order valence-corrected chi connectivity index (χ0v) is 8.10. The van der Waals surface area contributed by atoms with E-state index < -0.39 is 6.10 Å². The fraction of sp³-hybridized carbons (Fsp3) is 0.0769. The summed E-state index contributed by atoms with van der Waals surface area (Å²) in [4.78, 5) is 0. The van der Waals surface area contributed by atoms with Crippen LogP contribution in [0.5, 0.6) is 0 Å². The third-order valence-corrected chi connectivity index (χ3v) is 2.32. The molecular formula is C13H11FO. The first kappa shape index (κ1) is 9.87. The Balaban J connectivity index is 2.37. The lowest BCUT2D eigenvalue weighted by molar-refractivity contribution is 0.215. The molecule has 1 N–H and O–H groups in total. The van der Waals surface area contributed by atoms with Crippen LogP contribution < -0.4 is 0 Å². The molecule has 15 heavy (non-hydrogen) atoms. The molecule has 0 saturated heterocycles. The molecule has 1 nitrogen and oxygen atoms in total. The van der Waals surface area contributed by atoms with Gasteiger partial charge in [0.15, 0.2) is 0 Å². The molecule has 1 unspecified atom stereocenters. The van der Waals surface area contributed by atoms with E-state index in [0.717, 1.165) is 0 Å². The van der Waals surface area contributed by atoms with Gasteiger partial charge in [0.1, 0.15) is 11.9 Å². The summed E-state index contributed by atoms with van der Waals surface area (Å²) in [5.74, 6) is -0.381. The quantitative estimate of drug-likeness (QED) is 0.793. The van der Waals surface area contributed by atoms with Crippen LogP contribution in [-0.4, -0.2) is 5.11 Å². The van der Waals surface area contributed by atoms with Crippen molar-refractivity contribution >= 4 is 0 Å². The summed E-state index contributed by atoms with van der Waals surface area (Å²) in [5, 5.41) is 9.93. The summed E-state index contributed by atoms with van der Waals surface area (Å²) in [5.41, 5.74) is 1.01. The van der Waals surface area contributed by atoms with E-state index in [9.17, 15) is 9.50 Å². The van der Waals surface area contributed by atoms with Gasteiger partial charge in [0.05, 0.1) is 0 Å². The van der Waals surface area contributed by atoms with Crippen molar-refractivity contribution in [3.05, 3.63) is 71.5 Å². The zero-order valence-electron chi connectivity index (χ0n) is 8.10. The van der Waals surface area contributed by atoms with Crippen LogP contribution in [0.4, 0.5) is 4.39 Å². The third kappa shape index (κ3) is 2.05. The van der Waals surface area contributed by atoms with Crippen molar-refractivity contribution in [3.8, 4) is 0 Å². The lowest BCUT2D eigenvalue weighted by Crippen LogP contribution is -2.01. The molecular weight excluding hydrogens is 191 g/mol. The highest BCUT2D eigenvalue weighted by Crippen LogP contribution is 2.23. The molecule has 2 aromatic rings.